The zero-order valence-electron chi connectivity index (χ0n) is 19.1. The van der Waals surface area contributed by atoms with Gasteiger partial charge in [0.15, 0.2) is 0 Å². The minimum absolute atomic E-state index is 0.203. The number of hydrogen-bond donors (Lipinski definition) is 1. The molecule has 156 valence electrons. The van der Waals surface area contributed by atoms with Crippen molar-refractivity contribution in [3.05, 3.63) is 84.0 Å². The summed E-state index contributed by atoms with van der Waals surface area (Å²) in [6.07, 6.45) is 5.46. The van der Waals surface area contributed by atoms with Gasteiger partial charge in [0.25, 0.3) is 0 Å². The summed E-state index contributed by atoms with van der Waals surface area (Å²) in [6.45, 7) is 12.6. The molecule has 2 aromatic carbocycles. The van der Waals surface area contributed by atoms with E-state index >= 15 is 0 Å². The molecule has 1 nitrogen and oxygen atoms in total. The Morgan fingerprint density at radius 3 is 1.79 bits per heavy atom. The van der Waals surface area contributed by atoms with Crippen LogP contribution in [0, 0.1) is 5.92 Å². The first-order chi connectivity index (χ1) is 13.7. The van der Waals surface area contributed by atoms with E-state index in [1.165, 1.54) is 21.5 Å². The van der Waals surface area contributed by atoms with Crippen molar-refractivity contribution in [2.75, 3.05) is 0 Å². The fraction of sp³-hybridized carbons (Fsp3) is 0.407. The Morgan fingerprint density at radius 2 is 1.41 bits per heavy atom. The molecule has 1 N–H and O–H groups in total. The van der Waals surface area contributed by atoms with Crippen LogP contribution in [-0.4, -0.2) is 18.8 Å². The minimum atomic E-state index is -2.13. The Morgan fingerprint density at radius 1 is 0.931 bits per heavy atom. The van der Waals surface area contributed by atoms with Crippen molar-refractivity contribution < 1.29 is 5.11 Å². The first kappa shape index (κ1) is 23.4. The Hall–Kier alpha value is -1.90. The van der Waals surface area contributed by atoms with Crippen LogP contribution in [0.25, 0.3) is 0 Å². The van der Waals surface area contributed by atoms with Crippen molar-refractivity contribution in [1.82, 2.24) is 0 Å². The fourth-order valence-electron chi connectivity index (χ4n) is 4.19. The number of rotatable bonds is 9. The van der Waals surface area contributed by atoms with Crippen molar-refractivity contribution in [2.45, 2.75) is 65.7 Å². The molecular weight excluding hydrogens is 368 g/mol. The van der Waals surface area contributed by atoms with E-state index in [1.807, 2.05) is 13.8 Å². The maximum absolute atomic E-state index is 11.1. The van der Waals surface area contributed by atoms with Gasteiger partial charge in [-0.05, 0) is 66.0 Å². The van der Waals surface area contributed by atoms with Gasteiger partial charge >= 0.3 is 0 Å². The number of aliphatic hydroxyl groups is 1. The normalized spacial score (nSPS) is 13.8. The van der Waals surface area contributed by atoms with Crippen LogP contribution in [-0.2, 0) is 0 Å². The third-order valence-electron chi connectivity index (χ3n) is 6.13. The standard InChI is InChI=1S/C27H38OSi/c1-7-23(4)20-29(25-14-10-8-11-15-25,26-16-12-9-13-17-26)21-24(27(5,6)28)19-18-22(2)3/h7-18,24,28H,19-21H2,1-6H3/b23-7-. The molecule has 0 fully saturated rings. The summed E-state index contributed by atoms with van der Waals surface area (Å²) < 4.78 is 0. The molecule has 2 rings (SSSR count). The molecule has 29 heavy (non-hydrogen) atoms. The molecule has 0 radical (unpaired) electrons. The van der Waals surface area contributed by atoms with Gasteiger partial charge in [-0.25, -0.2) is 0 Å². The molecule has 0 aliphatic rings. The molecular formula is C27H38OSi. The summed E-state index contributed by atoms with van der Waals surface area (Å²) in [4.78, 5) is 0. The van der Waals surface area contributed by atoms with E-state index in [0.717, 1.165) is 18.5 Å². The summed E-state index contributed by atoms with van der Waals surface area (Å²) in [5.41, 5.74) is 2.02. The lowest BCUT2D eigenvalue weighted by atomic mass is 9.89. The Kier molecular flexibility index (Phi) is 8.24. The van der Waals surface area contributed by atoms with E-state index in [-0.39, 0.29) is 5.92 Å². The molecule has 0 amide bonds. The van der Waals surface area contributed by atoms with Crippen LogP contribution in [0.3, 0.4) is 0 Å². The van der Waals surface area contributed by atoms with E-state index in [2.05, 4.69) is 101 Å². The maximum atomic E-state index is 11.1. The van der Waals surface area contributed by atoms with Gasteiger partial charge in [-0.3, -0.25) is 0 Å². The highest BCUT2D eigenvalue weighted by molar-refractivity contribution is 7.02. The number of benzene rings is 2. The number of allylic oxidation sites excluding steroid dienone is 4. The average molecular weight is 407 g/mol. The van der Waals surface area contributed by atoms with Crippen LogP contribution in [0.15, 0.2) is 84.0 Å². The summed E-state index contributed by atoms with van der Waals surface area (Å²) in [6, 6.07) is 24.2. The minimum Gasteiger partial charge on any atom is -0.390 e. The molecule has 2 aromatic rings. The van der Waals surface area contributed by atoms with Gasteiger partial charge in [0.05, 0.1) is 5.60 Å². The van der Waals surface area contributed by atoms with Crippen LogP contribution in [0.1, 0.15) is 48.0 Å². The Bertz CT molecular complexity index is 769. The monoisotopic (exact) mass is 406 g/mol. The third-order valence-corrected chi connectivity index (χ3v) is 11.4. The van der Waals surface area contributed by atoms with Crippen molar-refractivity contribution in [2.24, 2.45) is 5.92 Å². The van der Waals surface area contributed by atoms with Crippen LogP contribution < -0.4 is 10.4 Å². The van der Waals surface area contributed by atoms with Gasteiger partial charge in [-0.1, -0.05) is 94.3 Å². The molecule has 2 heteroatoms. The van der Waals surface area contributed by atoms with Gasteiger partial charge in [0.2, 0.25) is 0 Å². The summed E-state index contributed by atoms with van der Waals surface area (Å²) in [7, 11) is -2.13. The van der Waals surface area contributed by atoms with Gasteiger partial charge in [0, 0.05) is 0 Å². The zero-order valence-corrected chi connectivity index (χ0v) is 20.1. The molecule has 1 atom stereocenters. The lowest BCUT2D eigenvalue weighted by Crippen LogP contribution is -2.60. The molecule has 0 heterocycles. The van der Waals surface area contributed by atoms with E-state index in [4.69, 9.17) is 0 Å². The smallest absolute Gasteiger partial charge is 0.122 e. The van der Waals surface area contributed by atoms with E-state index in [9.17, 15) is 5.11 Å². The first-order valence-electron chi connectivity index (χ1n) is 10.8. The van der Waals surface area contributed by atoms with Crippen LogP contribution >= 0.6 is 0 Å². The fourth-order valence-corrected chi connectivity index (χ4v) is 9.87. The molecule has 0 spiro atoms. The quantitative estimate of drug-likeness (QED) is 0.402. The second-order valence-corrected chi connectivity index (χ2v) is 13.3. The third kappa shape index (κ3) is 6.29. The van der Waals surface area contributed by atoms with Gasteiger partial charge in [-0.2, -0.15) is 0 Å². The van der Waals surface area contributed by atoms with Crippen LogP contribution in [0.2, 0.25) is 12.1 Å². The molecule has 0 aliphatic heterocycles. The topological polar surface area (TPSA) is 20.2 Å². The molecule has 0 aromatic heterocycles. The molecule has 1 unspecified atom stereocenters. The summed E-state index contributed by atoms with van der Waals surface area (Å²) >= 11 is 0. The second kappa shape index (κ2) is 10.2. The van der Waals surface area contributed by atoms with E-state index in [1.54, 1.807) is 0 Å². The van der Waals surface area contributed by atoms with Crippen molar-refractivity contribution >= 4 is 18.4 Å². The average Bonchev–Trinajstić information content (AvgIpc) is 2.70. The largest absolute Gasteiger partial charge is 0.390 e. The van der Waals surface area contributed by atoms with Gasteiger partial charge in [0.1, 0.15) is 8.07 Å². The van der Waals surface area contributed by atoms with E-state index in [0.29, 0.717) is 0 Å². The highest BCUT2D eigenvalue weighted by Crippen LogP contribution is 2.33. The Labute approximate surface area is 179 Å². The lowest BCUT2D eigenvalue weighted by molar-refractivity contribution is 0.0257. The Balaban J connectivity index is 2.68. The van der Waals surface area contributed by atoms with Crippen LogP contribution in [0.4, 0.5) is 0 Å². The molecule has 0 bridgehead atoms. The molecule has 0 aliphatic carbocycles. The molecule has 0 saturated carbocycles. The summed E-state index contributed by atoms with van der Waals surface area (Å²) in [5.74, 6) is 0.203. The summed E-state index contributed by atoms with van der Waals surface area (Å²) in [5, 5.41) is 14.0. The van der Waals surface area contributed by atoms with Gasteiger partial charge < -0.3 is 5.11 Å². The highest BCUT2D eigenvalue weighted by Gasteiger charge is 2.42. The van der Waals surface area contributed by atoms with Crippen molar-refractivity contribution in [3.63, 3.8) is 0 Å². The lowest BCUT2D eigenvalue weighted by Gasteiger charge is -2.40. The van der Waals surface area contributed by atoms with Crippen LogP contribution in [0.5, 0.6) is 0 Å². The van der Waals surface area contributed by atoms with Gasteiger partial charge in [-0.15, -0.1) is 0 Å². The van der Waals surface area contributed by atoms with Crippen molar-refractivity contribution in [3.8, 4) is 0 Å². The highest BCUT2D eigenvalue weighted by atomic mass is 28.3. The first-order valence-corrected chi connectivity index (χ1v) is 13.2. The second-order valence-electron chi connectivity index (χ2n) is 9.20. The van der Waals surface area contributed by atoms with Crippen molar-refractivity contribution in [1.29, 1.82) is 0 Å². The number of hydrogen-bond acceptors (Lipinski definition) is 1. The molecule has 0 saturated heterocycles. The predicted octanol–water partition coefficient (Wildman–Crippen LogP) is 5.96. The zero-order chi connectivity index (χ0) is 21.5. The SMILES string of the molecule is C/C=C(/C)C[Si](CC(CC=C(C)C)C(C)(C)O)(c1ccccc1)c1ccccc1. The predicted molar refractivity (Wildman–Crippen MR) is 131 cm³/mol. The maximum Gasteiger partial charge on any atom is 0.122 e. The van der Waals surface area contributed by atoms with E-state index < -0.39 is 13.7 Å².